The van der Waals surface area contributed by atoms with Gasteiger partial charge < -0.3 is 4.48 Å². The van der Waals surface area contributed by atoms with Gasteiger partial charge in [-0.3, -0.25) is 0 Å². The van der Waals surface area contributed by atoms with Gasteiger partial charge in [-0.1, -0.05) is 53.4 Å². The van der Waals surface area contributed by atoms with Crippen molar-refractivity contribution in [3.05, 3.63) is 0 Å². The standard InChI is InChI=1S/C16H36N.2H2S/c1-5-9-13-17(14-10-6-2,15-11-7-3)16-12-8-4;;/h5-16H2,1-4H3;2*1H2/q+1;;. The minimum absolute atomic E-state index is 0. The molecule has 0 saturated carbocycles. The Labute approximate surface area is 137 Å². The van der Waals surface area contributed by atoms with Crippen LogP contribution in [0.1, 0.15) is 79.1 Å². The molecule has 0 aliphatic heterocycles. The van der Waals surface area contributed by atoms with Gasteiger partial charge in [-0.05, 0) is 25.7 Å². The van der Waals surface area contributed by atoms with Crippen molar-refractivity contribution in [1.82, 2.24) is 0 Å². The molecule has 0 bridgehead atoms. The van der Waals surface area contributed by atoms with Crippen LogP contribution < -0.4 is 0 Å². The second kappa shape index (κ2) is 16.7. The molecule has 19 heavy (non-hydrogen) atoms. The molecular weight excluding hydrogens is 270 g/mol. The third kappa shape index (κ3) is 12.1. The summed E-state index contributed by atoms with van der Waals surface area (Å²) in [4.78, 5) is 0. The highest BCUT2D eigenvalue weighted by molar-refractivity contribution is 7.59. The molecule has 0 unspecified atom stereocenters. The topological polar surface area (TPSA) is 0 Å². The lowest BCUT2D eigenvalue weighted by Gasteiger charge is -2.39. The summed E-state index contributed by atoms with van der Waals surface area (Å²) in [5, 5.41) is 0. The first-order valence-electron chi connectivity index (χ1n) is 8.09. The molecule has 0 atom stereocenters. The normalized spacial score (nSPS) is 10.7. The zero-order valence-electron chi connectivity index (χ0n) is 13.9. The van der Waals surface area contributed by atoms with E-state index < -0.39 is 0 Å². The summed E-state index contributed by atoms with van der Waals surface area (Å²) in [7, 11) is 0. The Morgan fingerprint density at radius 1 is 0.474 bits per heavy atom. The maximum atomic E-state index is 2.33. The van der Waals surface area contributed by atoms with Gasteiger partial charge in [-0.15, -0.1) is 0 Å². The van der Waals surface area contributed by atoms with Crippen LogP contribution in [0.25, 0.3) is 0 Å². The predicted octanol–water partition coefficient (Wildman–Crippen LogP) is 5.23. The van der Waals surface area contributed by atoms with Crippen LogP contribution in [0.4, 0.5) is 0 Å². The van der Waals surface area contributed by atoms with E-state index in [1.54, 1.807) is 0 Å². The summed E-state index contributed by atoms with van der Waals surface area (Å²) in [6, 6.07) is 0. The molecule has 0 aliphatic carbocycles. The zero-order chi connectivity index (χ0) is 13.0. The van der Waals surface area contributed by atoms with Crippen molar-refractivity contribution >= 4 is 27.0 Å². The third-order valence-electron chi connectivity index (χ3n) is 3.94. The van der Waals surface area contributed by atoms with E-state index in [9.17, 15) is 0 Å². The Hall–Kier alpha value is 0.660. The molecule has 0 radical (unpaired) electrons. The average molecular weight is 311 g/mol. The SMILES string of the molecule is CCCC[N+](CCCC)(CCCC)CCCC.S.S. The van der Waals surface area contributed by atoms with Gasteiger partial charge in [0.15, 0.2) is 0 Å². The minimum atomic E-state index is 0. The lowest BCUT2D eigenvalue weighted by Crippen LogP contribution is -2.50. The molecule has 0 heterocycles. The van der Waals surface area contributed by atoms with E-state index in [0.29, 0.717) is 0 Å². The van der Waals surface area contributed by atoms with Gasteiger partial charge in [0.1, 0.15) is 0 Å². The van der Waals surface area contributed by atoms with E-state index >= 15 is 0 Å². The summed E-state index contributed by atoms with van der Waals surface area (Å²) < 4.78 is 1.42. The van der Waals surface area contributed by atoms with Crippen LogP contribution in [0.15, 0.2) is 0 Å². The molecular formula is C16H40NS2+. The second-order valence-electron chi connectivity index (χ2n) is 5.65. The molecule has 0 amide bonds. The number of hydrogen-bond acceptors (Lipinski definition) is 0. The third-order valence-corrected chi connectivity index (χ3v) is 3.94. The Bertz CT molecular complexity index is 125. The van der Waals surface area contributed by atoms with Gasteiger partial charge in [-0.25, -0.2) is 0 Å². The lowest BCUT2D eigenvalue weighted by atomic mass is 10.1. The molecule has 0 aliphatic rings. The lowest BCUT2D eigenvalue weighted by molar-refractivity contribution is -0.929. The maximum Gasteiger partial charge on any atom is 0.0786 e. The van der Waals surface area contributed by atoms with E-state index in [1.807, 2.05) is 0 Å². The average Bonchev–Trinajstić information content (AvgIpc) is 2.37. The number of unbranched alkanes of at least 4 members (excludes halogenated alkanes) is 4. The highest BCUT2D eigenvalue weighted by Crippen LogP contribution is 2.16. The Morgan fingerprint density at radius 3 is 0.842 bits per heavy atom. The van der Waals surface area contributed by atoms with Crippen molar-refractivity contribution in [3.63, 3.8) is 0 Å². The predicted molar refractivity (Wildman–Crippen MR) is 100 cm³/mol. The maximum absolute atomic E-state index is 2.33. The number of rotatable bonds is 12. The van der Waals surface area contributed by atoms with Crippen LogP contribution in [-0.4, -0.2) is 30.7 Å². The fourth-order valence-corrected chi connectivity index (χ4v) is 2.64. The molecule has 120 valence electrons. The first-order chi connectivity index (χ1) is 8.24. The van der Waals surface area contributed by atoms with Crippen molar-refractivity contribution in [2.45, 2.75) is 79.1 Å². The first kappa shape index (κ1) is 24.7. The van der Waals surface area contributed by atoms with E-state index in [0.717, 1.165) is 0 Å². The molecule has 0 aromatic rings. The highest BCUT2D eigenvalue weighted by atomic mass is 32.1. The van der Waals surface area contributed by atoms with Crippen LogP contribution in [0, 0.1) is 0 Å². The summed E-state index contributed by atoms with van der Waals surface area (Å²) in [5.74, 6) is 0. The molecule has 0 spiro atoms. The molecule has 0 N–H and O–H groups in total. The minimum Gasteiger partial charge on any atom is -0.324 e. The van der Waals surface area contributed by atoms with E-state index in [2.05, 4.69) is 27.7 Å². The molecule has 0 rings (SSSR count). The van der Waals surface area contributed by atoms with Crippen molar-refractivity contribution < 1.29 is 4.48 Å². The van der Waals surface area contributed by atoms with Crippen LogP contribution in [0.2, 0.25) is 0 Å². The van der Waals surface area contributed by atoms with Crippen LogP contribution in [0.3, 0.4) is 0 Å². The van der Waals surface area contributed by atoms with Crippen molar-refractivity contribution in [1.29, 1.82) is 0 Å². The number of nitrogens with zero attached hydrogens (tertiary/aromatic N) is 1. The molecule has 0 aromatic heterocycles. The van der Waals surface area contributed by atoms with E-state index in [1.165, 1.54) is 82.0 Å². The summed E-state index contributed by atoms with van der Waals surface area (Å²) in [6.07, 6.45) is 11.1. The van der Waals surface area contributed by atoms with Gasteiger partial charge >= 0.3 is 0 Å². The Morgan fingerprint density at radius 2 is 0.684 bits per heavy atom. The van der Waals surface area contributed by atoms with Gasteiger partial charge in [0.05, 0.1) is 26.2 Å². The van der Waals surface area contributed by atoms with Gasteiger partial charge in [-0.2, -0.15) is 27.0 Å². The molecule has 0 fully saturated rings. The van der Waals surface area contributed by atoms with Gasteiger partial charge in [0.25, 0.3) is 0 Å². The van der Waals surface area contributed by atoms with Gasteiger partial charge in [0.2, 0.25) is 0 Å². The molecule has 3 heteroatoms. The fourth-order valence-electron chi connectivity index (χ4n) is 2.64. The molecule has 0 aromatic carbocycles. The second-order valence-corrected chi connectivity index (χ2v) is 5.65. The van der Waals surface area contributed by atoms with E-state index in [4.69, 9.17) is 0 Å². The first-order valence-corrected chi connectivity index (χ1v) is 8.09. The summed E-state index contributed by atoms with van der Waals surface area (Å²) in [6.45, 7) is 15.0. The fraction of sp³-hybridized carbons (Fsp3) is 1.00. The van der Waals surface area contributed by atoms with Crippen molar-refractivity contribution in [2.24, 2.45) is 0 Å². The monoisotopic (exact) mass is 310 g/mol. The number of hydrogen-bond donors (Lipinski definition) is 0. The van der Waals surface area contributed by atoms with Crippen LogP contribution in [0.5, 0.6) is 0 Å². The molecule has 1 nitrogen and oxygen atoms in total. The summed E-state index contributed by atoms with van der Waals surface area (Å²) in [5.41, 5.74) is 0. The summed E-state index contributed by atoms with van der Waals surface area (Å²) >= 11 is 0. The smallest absolute Gasteiger partial charge is 0.0786 e. The van der Waals surface area contributed by atoms with E-state index in [-0.39, 0.29) is 27.0 Å². The van der Waals surface area contributed by atoms with Crippen molar-refractivity contribution in [3.8, 4) is 0 Å². The van der Waals surface area contributed by atoms with Crippen LogP contribution >= 0.6 is 27.0 Å². The zero-order valence-corrected chi connectivity index (χ0v) is 15.9. The molecule has 0 saturated heterocycles. The van der Waals surface area contributed by atoms with Crippen LogP contribution in [-0.2, 0) is 0 Å². The Balaban J connectivity index is -0.00000128. The number of quaternary nitrogens is 1. The largest absolute Gasteiger partial charge is 0.324 e. The highest BCUT2D eigenvalue weighted by Gasteiger charge is 2.24. The quantitative estimate of drug-likeness (QED) is 0.433. The Kier molecular flexibility index (Phi) is 21.7. The van der Waals surface area contributed by atoms with Gasteiger partial charge in [0, 0.05) is 0 Å². The van der Waals surface area contributed by atoms with Crippen molar-refractivity contribution in [2.75, 3.05) is 26.2 Å².